The fraction of sp³-hybridized carbons (Fsp3) is 0.318. The molecule has 0 N–H and O–H groups in total. The van der Waals surface area contributed by atoms with Gasteiger partial charge in [-0.1, -0.05) is 41.6 Å². The molecule has 1 atom stereocenters. The highest BCUT2D eigenvalue weighted by molar-refractivity contribution is 8.00. The average Bonchev–Trinajstić information content (AvgIpc) is 2.75. The molecule has 1 amide bonds. The summed E-state index contributed by atoms with van der Waals surface area (Å²) < 4.78 is 6.95. The summed E-state index contributed by atoms with van der Waals surface area (Å²) in [6, 6.07) is 15.1. The van der Waals surface area contributed by atoms with Crippen LogP contribution in [0.4, 0.5) is 0 Å². The maximum Gasteiger partial charge on any atom is 0.266 e. The number of hydrogen-bond acceptors (Lipinski definition) is 5. The zero-order valence-corrected chi connectivity index (χ0v) is 17.3. The molecule has 0 saturated carbocycles. The first-order chi connectivity index (χ1) is 14.0. The molecule has 6 nitrogen and oxygen atoms in total. The molecule has 3 aromatic rings. The van der Waals surface area contributed by atoms with E-state index in [9.17, 15) is 9.59 Å². The summed E-state index contributed by atoms with van der Waals surface area (Å²) in [7, 11) is 0. The summed E-state index contributed by atoms with van der Waals surface area (Å²) >= 11 is 1.32. The van der Waals surface area contributed by atoms with Crippen LogP contribution >= 0.6 is 11.8 Å². The van der Waals surface area contributed by atoms with Gasteiger partial charge in [0.05, 0.1) is 35.1 Å². The van der Waals surface area contributed by atoms with E-state index in [2.05, 4.69) is 0 Å². The number of aryl methyl sites for hydroxylation is 1. The van der Waals surface area contributed by atoms with Crippen LogP contribution in [0.25, 0.3) is 16.6 Å². The topological polar surface area (TPSA) is 64.4 Å². The number of fused-ring (bicyclic) bond motifs is 1. The predicted octanol–water partition coefficient (Wildman–Crippen LogP) is 3.03. The van der Waals surface area contributed by atoms with E-state index < -0.39 is 0 Å². The molecule has 1 fully saturated rings. The molecular formula is C22H23N3O3S. The Labute approximate surface area is 173 Å². The summed E-state index contributed by atoms with van der Waals surface area (Å²) in [4.78, 5) is 32.7. The molecule has 0 radical (unpaired) electrons. The second-order valence-electron chi connectivity index (χ2n) is 7.09. The predicted molar refractivity (Wildman–Crippen MR) is 115 cm³/mol. The fourth-order valence-corrected chi connectivity index (χ4v) is 4.37. The summed E-state index contributed by atoms with van der Waals surface area (Å²) in [5.74, 6) is 0.0381. The molecule has 1 aliphatic rings. The quantitative estimate of drug-likeness (QED) is 0.490. The van der Waals surface area contributed by atoms with E-state index in [1.807, 2.05) is 61.2 Å². The van der Waals surface area contributed by atoms with E-state index in [1.165, 1.54) is 11.8 Å². The van der Waals surface area contributed by atoms with Gasteiger partial charge in [-0.3, -0.25) is 14.2 Å². The molecule has 2 heterocycles. The lowest BCUT2D eigenvalue weighted by molar-refractivity contribution is -0.134. The number of aromatic nitrogens is 2. The lowest BCUT2D eigenvalue weighted by Gasteiger charge is -2.29. The van der Waals surface area contributed by atoms with Crippen LogP contribution in [-0.4, -0.2) is 51.9 Å². The maximum atomic E-state index is 13.3. The molecule has 29 heavy (non-hydrogen) atoms. The third-order valence-corrected chi connectivity index (χ3v) is 6.03. The molecule has 1 saturated heterocycles. The first kappa shape index (κ1) is 19.7. The lowest BCUT2D eigenvalue weighted by Crippen LogP contribution is -2.44. The van der Waals surface area contributed by atoms with E-state index in [1.54, 1.807) is 10.6 Å². The average molecular weight is 410 g/mol. The van der Waals surface area contributed by atoms with E-state index in [4.69, 9.17) is 9.72 Å². The van der Waals surface area contributed by atoms with Crippen molar-refractivity contribution in [3.63, 3.8) is 0 Å². The molecule has 0 bridgehead atoms. The maximum absolute atomic E-state index is 13.3. The first-order valence-corrected chi connectivity index (χ1v) is 10.5. The van der Waals surface area contributed by atoms with Gasteiger partial charge in [0.25, 0.3) is 5.56 Å². The Kier molecular flexibility index (Phi) is 5.69. The van der Waals surface area contributed by atoms with Gasteiger partial charge >= 0.3 is 0 Å². The van der Waals surface area contributed by atoms with Crippen molar-refractivity contribution in [2.24, 2.45) is 0 Å². The summed E-state index contributed by atoms with van der Waals surface area (Å²) in [6.07, 6.45) is 0. The molecule has 0 aliphatic carbocycles. The molecule has 1 aromatic heterocycles. The molecule has 0 unspecified atom stereocenters. The van der Waals surface area contributed by atoms with E-state index in [0.29, 0.717) is 42.4 Å². The standard InChI is InChI=1S/C22H23N3O3S/c1-15-7-9-17(10-8-15)25-21(27)18-5-3-4-6-19(18)23-22(25)29-16(2)20(26)24-11-13-28-14-12-24/h3-10,16H,11-14H2,1-2H3/t16-/m0/s1. The molecule has 1 aliphatic heterocycles. The van der Waals surface area contributed by atoms with Crippen LogP contribution < -0.4 is 5.56 Å². The largest absolute Gasteiger partial charge is 0.378 e. The van der Waals surface area contributed by atoms with E-state index >= 15 is 0 Å². The number of benzene rings is 2. The number of nitrogens with zero attached hydrogens (tertiary/aromatic N) is 3. The van der Waals surface area contributed by atoms with E-state index in [-0.39, 0.29) is 16.7 Å². The van der Waals surface area contributed by atoms with Gasteiger partial charge in [-0.15, -0.1) is 0 Å². The van der Waals surface area contributed by atoms with Crippen molar-refractivity contribution < 1.29 is 9.53 Å². The second kappa shape index (κ2) is 8.39. The number of carbonyl (C=O) groups excluding carboxylic acids is 1. The van der Waals surface area contributed by atoms with Crippen LogP contribution in [0.15, 0.2) is 58.5 Å². The molecule has 0 spiro atoms. The Hall–Kier alpha value is -2.64. The summed E-state index contributed by atoms with van der Waals surface area (Å²) in [6.45, 7) is 6.18. The number of hydrogen-bond donors (Lipinski definition) is 0. The third kappa shape index (κ3) is 4.06. The van der Waals surface area contributed by atoms with Gasteiger partial charge in [0.15, 0.2) is 5.16 Å². The van der Waals surface area contributed by atoms with E-state index in [0.717, 1.165) is 11.3 Å². The molecule has 150 valence electrons. The Bertz CT molecular complexity index is 1090. The summed E-state index contributed by atoms with van der Waals surface area (Å²) in [5, 5.41) is 0.717. The molecule has 7 heteroatoms. The van der Waals surface area contributed by atoms with Gasteiger partial charge in [-0.05, 0) is 38.1 Å². The van der Waals surface area contributed by atoms with Crippen molar-refractivity contribution in [2.45, 2.75) is 24.3 Å². The number of carbonyl (C=O) groups is 1. The van der Waals surface area contributed by atoms with Crippen LogP contribution in [-0.2, 0) is 9.53 Å². The zero-order valence-electron chi connectivity index (χ0n) is 16.5. The number of morpholine rings is 1. The first-order valence-electron chi connectivity index (χ1n) is 9.66. The SMILES string of the molecule is Cc1ccc(-n2c(S[C@@H](C)C(=O)N3CCOCC3)nc3ccccc3c2=O)cc1. The van der Waals surface area contributed by atoms with Crippen LogP contribution in [0.1, 0.15) is 12.5 Å². The lowest BCUT2D eigenvalue weighted by atomic mass is 10.2. The summed E-state index contributed by atoms with van der Waals surface area (Å²) in [5.41, 5.74) is 2.36. The van der Waals surface area contributed by atoms with Gasteiger partial charge in [0.1, 0.15) is 0 Å². The highest BCUT2D eigenvalue weighted by atomic mass is 32.2. The van der Waals surface area contributed by atoms with Gasteiger partial charge in [-0.2, -0.15) is 0 Å². The van der Waals surface area contributed by atoms with Gasteiger partial charge in [-0.25, -0.2) is 4.98 Å². The van der Waals surface area contributed by atoms with Crippen LogP contribution in [0.2, 0.25) is 0 Å². The van der Waals surface area contributed by atoms with Crippen LogP contribution in [0.3, 0.4) is 0 Å². The molecule has 2 aromatic carbocycles. The van der Waals surface area contributed by atoms with Crippen LogP contribution in [0.5, 0.6) is 0 Å². The van der Waals surface area contributed by atoms with Crippen molar-refractivity contribution in [3.8, 4) is 5.69 Å². The van der Waals surface area contributed by atoms with Gasteiger partial charge in [0, 0.05) is 13.1 Å². The van der Waals surface area contributed by atoms with Crippen molar-refractivity contribution in [1.82, 2.24) is 14.5 Å². The minimum atomic E-state index is -0.363. The highest BCUT2D eigenvalue weighted by Crippen LogP contribution is 2.26. The minimum absolute atomic E-state index is 0.0381. The normalized spacial score (nSPS) is 15.4. The van der Waals surface area contributed by atoms with Crippen molar-refractivity contribution in [2.75, 3.05) is 26.3 Å². The monoisotopic (exact) mass is 409 g/mol. The fourth-order valence-electron chi connectivity index (χ4n) is 3.36. The van der Waals surface area contributed by atoms with Gasteiger partial charge in [0.2, 0.25) is 5.91 Å². The Morgan fingerprint density at radius 3 is 2.52 bits per heavy atom. The third-order valence-electron chi connectivity index (χ3n) is 4.99. The number of amides is 1. The van der Waals surface area contributed by atoms with Crippen molar-refractivity contribution in [3.05, 3.63) is 64.4 Å². The number of ether oxygens (including phenoxy) is 1. The Morgan fingerprint density at radius 1 is 1.10 bits per heavy atom. The Morgan fingerprint density at radius 2 is 1.79 bits per heavy atom. The minimum Gasteiger partial charge on any atom is -0.378 e. The zero-order chi connectivity index (χ0) is 20.4. The number of thioether (sulfide) groups is 1. The second-order valence-corrected chi connectivity index (χ2v) is 8.39. The van der Waals surface area contributed by atoms with Crippen molar-refractivity contribution in [1.29, 1.82) is 0 Å². The Balaban J connectivity index is 1.75. The smallest absolute Gasteiger partial charge is 0.266 e. The van der Waals surface area contributed by atoms with Crippen molar-refractivity contribution >= 4 is 28.6 Å². The number of rotatable bonds is 4. The van der Waals surface area contributed by atoms with Crippen LogP contribution in [0, 0.1) is 6.92 Å². The highest BCUT2D eigenvalue weighted by Gasteiger charge is 2.25. The molecule has 4 rings (SSSR count). The number of para-hydroxylation sites is 1. The molecular weight excluding hydrogens is 386 g/mol. The van der Waals surface area contributed by atoms with Gasteiger partial charge < -0.3 is 9.64 Å².